The van der Waals surface area contributed by atoms with Crippen molar-refractivity contribution >= 4 is 0 Å². The Morgan fingerprint density at radius 1 is 1.20 bits per heavy atom. The fraction of sp³-hybridized carbons (Fsp3) is 1.00. The van der Waals surface area contributed by atoms with Crippen LogP contribution in [0.4, 0.5) is 0 Å². The Morgan fingerprint density at radius 2 is 1.20 bits per heavy atom. The van der Waals surface area contributed by atoms with Crippen LogP contribution in [-0.4, -0.2) is 25.7 Å². The van der Waals surface area contributed by atoms with Crippen LogP contribution < -0.4 is 5.84 Å². The first kappa shape index (κ1) is 4.92. The highest BCUT2D eigenvalue weighted by Crippen LogP contribution is 1.70. The smallest absolute Gasteiger partial charge is 0.129 e. The van der Waals surface area contributed by atoms with Crippen molar-refractivity contribution in [3.8, 4) is 0 Å². The monoisotopic (exact) mass is 73.1 g/mol. The second-order valence-corrected chi connectivity index (χ2v) is 1.94. The molecule has 0 saturated carbocycles. The first-order chi connectivity index (χ1) is 2.00. The molecule has 0 aliphatic rings. The van der Waals surface area contributed by atoms with Gasteiger partial charge in [0, 0.05) is 0 Å². The Bertz CT molecular complexity index is 20.4. The van der Waals surface area contributed by atoms with Gasteiger partial charge >= 0.3 is 0 Å². The van der Waals surface area contributed by atoms with E-state index >= 15 is 0 Å². The number of quaternary nitrogens is 1. The molecule has 5 heavy (non-hydrogen) atoms. The van der Waals surface area contributed by atoms with E-state index in [4.69, 9.17) is 5.84 Å². The van der Waals surface area contributed by atoms with Gasteiger partial charge < -0.3 is 0 Å². The minimum absolute atomic E-state index is 0. The Morgan fingerprint density at radius 3 is 1.20 bits per heavy atom. The summed E-state index contributed by atoms with van der Waals surface area (Å²) in [6.45, 7) is 0. The largest absolute Gasteiger partial charge is 0.210 e. The van der Waals surface area contributed by atoms with Gasteiger partial charge in [0.25, 0.3) is 0 Å². The lowest BCUT2D eigenvalue weighted by atomic mass is 10.9. The summed E-state index contributed by atoms with van der Waals surface area (Å²) in [6, 6.07) is 0. The van der Waals surface area contributed by atoms with Gasteiger partial charge in [-0.3, -0.25) is 0 Å². The molecule has 0 aliphatic heterocycles. The maximum atomic E-state index is 8.46. The maximum Gasteiger partial charge on any atom is 0.129 e. The summed E-state index contributed by atoms with van der Waals surface area (Å²) in [4.78, 5) is 0. The molecule has 0 rings (SSSR count). The minimum atomic E-state index is 0. The van der Waals surface area contributed by atoms with Crippen molar-refractivity contribution in [1.29, 1.82) is 0 Å². The lowest BCUT2D eigenvalue weighted by molar-refractivity contribution is -0.892. The van der Waals surface area contributed by atoms with Gasteiger partial charge in [-0.05, 0) is 0 Å². The molecular formula is C3H9N2+. The topological polar surface area (TPSA) is 22.3 Å². The quantitative estimate of drug-likeness (QED) is 0.277. The average molecular weight is 73.1 g/mol. The molecule has 0 bridgehead atoms. The summed E-state index contributed by atoms with van der Waals surface area (Å²) in [5.74, 6) is 8.46. The Hall–Kier alpha value is -0.0800. The molecular weight excluding hydrogens is 64.0 g/mol. The molecule has 2 heteroatoms. The van der Waals surface area contributed by atoms with Crippen LogP contribution in [0.3, 0.4) is 0 Å². The van der Waals surface area contributed by atoms with Crippen LogP contribution in [0.1, 0.15) is 0 Å². The van der Waals surface area contributed by atoms with E-state index in [2.05, 4.69) is 0 Å². The average Bonchev–Trinajstić information content (AvgIpc) is 0.722. The van der Waals surface area contributed by atoms with Crippen molar-refractivity contribution in [3.05, 3.63) is 0 Å². The van der Waals surface area contributed by atoms with E-state index in [-0.39, 0.29) is 4.59 Å². The van der Waals surface area contributed by atoms with Crippen LogP contribution in [0.5, 0.6) is 0 Å². The second-order valence-electron chi connectivity index (χ2n) is 1.94. The van der Waals surface area contributed by atoms with Gasteiger partial charge in [-0.1, -0.05) is 0 Å². The molecule has 30 valence electrons. The molecule has 0 heterocycles. The van der Waals surface area contributed by atoms with Crippen molar-refractivity contribution < 1.29 is 4.59 Å². The number of rotatable bonds is 0. The third kappa shape index (κ3) is 2260. The molecule has 0 aromatic rings. The molecule has 0 aromatic heterocycles. The Labute approximate surface area is 32.7 Å². The first-order valence-corrected chi connectivity index (χ1v) is 1.54. The van der Waals surface area contributed by atoms with Gasteiger partial charge in [-0.25, -0.2) is 4.59 Å². The summed E-state index contributed by atoms with van der Waals surface area (Å²) in [5.41, 5.74) is 0. The number of hydrogen-bond donors (Lipinski definition) is 0. The summed E-state index contributed by atoms with van der Waals surface area (Å²) in [7, 11) is 5.04. The van der Waals surface area contributed by atoms with Crippen LogP contribution in [0, 0.1) is 0 Å². The lowest BCUT2D eigenvalue weighted by Crippen LogP contribution is -2.31. The van der Waals surface area contributed by atoms with Gasteiger partial charge in [0.05, 0.1) is 21.1 Å². The van der Waals surface area contributed by atoms with E-state index in [1.54, 1.807) is 21.1 Å². The molecule has 0 atom stereocenters. The van der Waals surface area contributed by atoms with Crippen molar-refractivity contribution in [3.63, 3.8) is 0 Å². The molecule has 0 unspecified atom stereocenters. The SMILES string of the molecule is C[N+](C)(C)[N]. The van der Waals surface area contributed by atoms with Crippen molar-refractivity contribution in [2.24, 2.45) is 0 Å². The molecule has 0 N–H and O–H groups in total. The molecule has 2 nitrogen and oxygen atoms in total. The molecule has 0 aromatic carbocycles. The molecule has 0 fully saturated rings. The molecule has 0 saturated heterocycles. The predicted molar refractivity (Wildman–Crippen MR) is 20.2 cm³/mol. The van der Waals surface area contributed by atoms with Gasteiger partial charge in [-0.2, -0.15) is 0 Å². The van der Waals surface area contributed by atoms with Gasteiger partial charge in [0.2, 0.25) is 0 Å². The highest BCUT2D eigenvalue weighted by atomic mass is 15.5. The predicted octanol–water partition coefficient (Wildman–Crippen LogP) is -0.324. The van der Waals surface area contributed by atoms with Gasteiger partial charge in [-0.15, -0.1) is 0 Å². The highest BCUT2D eigenvalue weighted by molar-refractivity contribution is 3.78. The van der Waals surface area contributed by atoms with E-state index in [0.29, 0.717) is 0 Å². The first-order valence-electron chi connectivity index (χ1n) is 1.54. The molecule has 2 radical (unpaired) electrons. The summed E-state index contributed by atoms with van der Waals surface area (Å²) in [5, 5.41) is 0. The Balaban J connectivity index is 3.02. The summed E-state index contributed by atoms with van der Waals surface area (Å²) < 4.78 is 0. The second kappa shape index (κ2) is 0.954. The summed E-state index contributed by atoms with van der Waals surface area (Å²) >= 11 is 0. The van der Waals surface area contributed by atoms with E-state index in [9.17, 15) is 0 Å². The molecule has 0 spiro atoms. The van der Waals surface area contributed by atoms with Crippen LogP contribution in [0.2, 0.25) is 0 Å². The Kier molecular flexibility index (Phi) is 0.938. The zero-order chi connectivity index (χ0) is 4.50. The normalized spacial score (nSPS) is 12.0. The van der Waals surface area contributed by atoms with Crippen molar-refractivity contribution in [2.75, 3.05) is 21.1 Å². The van der Waals surface area contributed by atoms with Crippen LogP contribution >= 0.6 is 0 Å². The van der Waals surface area contributed by atoms with Crippen molar-refractivity contribution in [1.82, 2.24) is 5.84 Å². The van der Waals surface area contributed by atoms with Crippen LogP contribution in [-0.2, 0) is 0 Å². The van der Waals surface area contributed by atoms with Crippen LogP contribution in [0.25, 0.3) is 0 Å². The zero-order valence-corrected chi connectivity index (χ0v) is 3.89. The fourth-order valence-electron chi connectivity index (χ4n) is 0. The van der Waals surface area contributed by atoms with Crippen molar-refractivity contribution in [2.45, 2.75) is 0 Å². The highest BCUT2D eigenvalue weighted by Gasteiger charge is 1.95. The molecule has 0 aliphatic carbocycles. The molecule has 0 amide bonds. The van der Waals surface area contributed by atoms with Gasteiger partial charge in [0.15, 0.2) is 0 Å². The maximum absolute atomic E-state index is 8.46. The summed E-state index contributed by atoms with van der Waals surface area (Å²) in [6.07, 6.45) is 0. The van der Waals surface area contributed by atoms with E-state index in [0.717, 1.165) is 0 Å². The number of hydrogen-bond acceptors (Lipinski definition) is 0. The minimum Gasteiger partial charge on any atom is -0.210 e. The fourth-order valence-corrected chi connectivity index (χ4v) is 0. The van der Waals surface area contributed by atoms with Gasteiger partial charge in [0.1, 0.15) is 5.84 Å². The third-order valence-electron chi connectivity index (χ3n) is 0. The zero-order valence-electron chi connectivity index (χ0n) is 3.89. The van der Waals surface area contributed by atoms with E-state index in [1.165, 1.54) is 0 Å². The number of nitrogens with zero attached hydrogens (tertiary/aromatic N) is 2. The van der Waals surface area contributed by atoms with Crippen LogP contribution in [0.15, 0.2) is 0 Å². The standard InChI is InChI=1S/C3H9N2/c1-5(2,3)4/h1-3H3/q+1. The third-order valence-corrected chi connectivity index (χ3v) is 0. The van der Waals surface area contributed by atoms with E-state index < -0.39 is 0 Å². The lowest BCUT2D eigenvalue weighted by Gasteiger charge is -2.06. The van der Waals surface area contributed by atoms with E-state index in [1.807, 2.05) is 0 Å².